The van der Waals surface area contributed by atoms with Gasteiger partial charge in [0.1, 0.15) is 5.82 Å². The number of anilines is 1. The summed E-state index contributed by atoms with van der Waals surface area (Å²) in [6, 6.07) is 10.0. The van der Waals surface area contributed by atoms with Gasteiger partial charge in [0.05, 0.1) is 10.9 Å². The number of rotatable bonds is 2. The summed E-state index contributed by atoms with van der Waals surface area (Å²) in [7, 11) is 0. The number of benzene rings is 2. The molecule has 0 radical (unpaired) electrons. The molecule has 7 heteroatoms. The zero-order chi connectivity index (χ0) is 15.7. The highest BCUT2D eigenvalue weighted by atomic mass is 35.5. The normalized spacial score (nSPS) is 10.6. The van der Waals surface area contributed by atoms with Crippen LogP contribution in [0.4, 0.5) is 10.1 Å². The van der Waals surface area contributed by atoms with Crippen molar-refractivity contribution in [3.8, 4) is 0 Å². The van der Waals surface area contributed by atoms with Crippen molar-refractivity contribution in [2.45, 2.75) is 0 Å². The van der Waals surface area contributed by atoms with Crippen LogP contribution >= 0.6 is 11.6 Å². The van der Waals surface area contributed by atoms with Crippen LogP contribution in [0.2, 0.25) is 5.02 Å². The number of fused-ring (bicyclic) bond motifs is 1. The lowest BCUT2D eigenvalue weighted by atomic mass is 10.2. The number of H-pyrrole nitrogens is 1. The zero-order valence-electron chi connectivity index (χ0n) is 11.1. The van der Waals surface area contributed by atoms with Crippen molar-refractivity contribution in [2.24, 2.45) is 0 Å². The minimum absolute atomic E-state index is 0.234. The van der Waals surface area contributed by atoms with Crippen LogP contribution in [0.15, 0.2) is 47.3 Å². The van der Waals surface area contributed by atoms with Crippen LogP contribution in [-0.4, -0.2) is 16.1 Å². The number of carbonyl (C=O) groups is 1. The van der Waals surface area contributed by atoms with E-state index in [1.54, 1.807) is 12.1 Å². The lowest BCUT2D eigenvalue weighted by Gasteiger charge is -2.05. The van der Waals surface area contributed by atoms with E-state index in [1.807, 2.05) is 0 Å². The Hall–Kier alpha value is -2.73. The standard InChI is InChI=1S/C15H9ClFN3O2/c16-8-4-5-12-11(6-8)14(21)13(20-19-12)15(22)18-10-3-1-2-9(17)7-10/h1-7H,(H,18,22)(H,19,21). The predicted octanol–water partition coefficient (Wildman–Crippen LogP) is 2.97. The van der Waals surface area contributed by atoms with E-state index in [9.17, 15) is 14.0 Å². The molecule has 1 heterocycles. The van der Waals surface area contributed by atoms with Crippen LogP contribution in [0.5, 0.6) is 0 Å². The fraction of sp³-hybridized carbons (Fsp3) is 0. The molecule has 5 nitrogen and oxygen atoms in total. The maximum absolute atomic E-state index is 13.1. The van der Waals surface area contributed by atoms with Crippen LogP contribution in [0.25, 0.3) is 10.9 Å². The predicted molar refractivity (Wildman–Crippen MR) is 81.7 cm³/mol. The first-order valence-electron chi connectivity index (χ1n) is 6.29. The van der Waals surface area contributed by atoms with Crippen molar-refractivity contribution >= 4 is 34.1 Å². The third-order valence-electron chi connectivity index (χ3n) is 3.03. The Bertz CT molecular complexity index is 939. The van der Waals surface area contributed by atoms with Gasteiger partial charge in [0.25, 0.3) is 5.91 Å². The average molecular weight is 318 g/mol. The van der Waals surface area contributed by atoms with E-state index in [1.165, 1.54) is 24.3 Å². The first-order valence-corrected chi connectivity index (χ1v) is 6.67. The van der Waals surface area contributed by atoms with Gasteiger partial charge in [-0.25, -0.2) is 4.39 Å². The molecule has 110 valence electrons. The van der Waals surface area contributed by atoms with Gasteiger partial charge in [-0.15, -0.1) is 0 Å². The van der Waals surface area contributed by atoms with Gasteiger partial charge >= 0.3 is 0 Å². The maximum atomic E-state index is 13.1. The van der Waals surface area contributed by atoms with Crippen LogP contribution < -0.4 is 10.7 Å². The van der Waals surface area contributed by atoms with Crippen molar-refractivity contribution in [2.75, 3.05) is 5.32 Å². The molecule has 2 N–H and O–H groups in total. The zero-order valence-corrected chi connectivity index (χ0v) is 11.8. The molecule has 0 unspecified atom stereocenters. The number of halogens is 2. The second kappa shape index (κ2) is 5.57. The van der Waals surface area contributed by atoms with Crippen LogP contribution in [-0.2, 0) is 0 Å². The summed E-state index contributed by atoms with van der Waals surface area (Å²) in [5.74, 6) is -1.22. The lowest BCUT2D eigenvalue weighted by Crippen LogP contribution is -2.24. The van der Waals surface area contributed by atoms with E-state index >= 15 is 0 Å². The maximum Gasteiger partial charge on any atom is 0.280 e. The molecule has 2 aromatic carbocycles. The number of amides is 1. The second-order valence-corrected chi connectivity index (χ2v) is 4.99. The topological polar surface area (TPSA) is 74.8 Å². The van der Waals surface area contributed by atoms with Gasteiger partial charge in [-0.3, -0.25) is 14.7 Å². The van der Waals surface area contributed by atoms with Gasteiger partial charge in [-0.2, -0.15) is 5.10 Å². The largest absolute Gasteiger partial charge is 0.320 e. The Kier molecular flexibility index (Phi) is 3.60. The summed E-state index contributed by atoms with van der Waals surface area (Å²) in [5.41, 5.74) is -0.168. The molecule has 0 aliphatic heterocycles. The molecule has 22 heavy (non-hydrogen) atoms. The van der Waals surface area contributed by atoms with Gasteiger partial charge in [0.15, 0.2) is 5.69 Å². The molecular formula is C15H9ClFN3O2. The molecule has 0 bridgehead atoms. The molecule has 0 spiro atoms. The molecular weight excluding hydrogens is 309 g/mol. The Morgan fingerprint density at radius 3 is 2.82 bits per heavy atom. The van der Waals surface area contributed by atoms with Crippen molar-refractivity contribution in [3.05, 3.63) is 69.2 Å². The molecule has 0 saturated heterocycles. The fourth-order valence-electron chi connectivity index (χ4n) is 2.01. The van der Waals surface area contributed by atoms with Crippen molar-refractivity contribution in [3.63, 3.8) is 0 Å². The number of hydrogen-bond donors (Lipinski definition) is 2. The second-order valence-electron chi connectivity index (χ2n) is 4.56. The summed E-state index contributed by atoms with van der Waals surface area (Å²) < 4.78 is 13.1. The first-order chi connectivity index (χ1) is 10.5. The highest BCUT2D eigenvalue weighted by molar-refractivity contribution is 6.31. The van der Waals surface area contributed by atoms with Crippen molar-refractivity contribution in [1.82, 2.24) is 10.2 Å². The van der Waals surface area contributed by atoms with Crippen LogP contribution in [0.1, 0.15) is 10.5 Å². The van der Waals surface area contributed by atoms with E-state index in [-0.39, 0.29) is 16.8 Å². The van der Waals surface area contributed by atoms with Gasteiger partial charge in [-0.1, -0.05) is 17.7 Å². The smallest absolute Gasteiger partial charge is 0.280 e. The van der Waals surface area contributed by atoms with E-state index in [4.69, 9.17) is 11.6 Å². The summed E-state index contributed by atoms with van der Waals surface area (Å²) in [4.78, 5) is 24.4. The molecule has 0 saturated carbocycles. The number of aromatic nitrogens is 2. The third kappa shape index (κ3) is 2.68. The molecule has 1 aromatic heterocycles. The Balaban J connectivity index is 2.01. The monoisotopic (exact) mass is 317 g/mol. The quantitative estimate of drug-likeness (QED) is 0.763. The third-order valence-corrected chi connectivity index (χ3v) is 3.26. The van der Waals surface area contributed by atoms with Gasteiger partial charge < -0.3 is 5.32 Å². The molecule has 1 amide bonds. The molecule has 0 fully saturated rings. The highest BCUT2D eigenvalue weighted by Gasteiger charge is 2.15. The lowest BCUT2D eigenvalue weighted by molar-refractivity contribution is 0.102. The summed E-state index contributed by atoms with van der Waals surface area (Å²) >= 11 is 5.85. The molecule has 0 aliphatic rings. The van der Waals surface area contributed by atoms with E-state index in [0.29, 0.717) is 10.5 Å². The number of aromatic amines is 1. The SMILES string of the molecule is O=C(Nc1cccc(F)c1)c1n[nH]c2ccc(Cl)cc2c1=O. The first kappa shape index (κ1) is 14.2. The van der Waals surface area contributed by atoms with Crippen molar-refractivity contribution in [1.29, 1.82) is 0 Å². The summed E-state index contributed by atoms with van der Waals surface area (Å²) in [6.07, 6.45) is 0. The summed E-state index contributed by atoms with van der Waals surface area (Å²) in [6.45, 7) is 0. The molecule has 0 aliphatic carbocycles. The minimum Gasteiger partial charge on any atom is -0.320 e. The Labute approximate surface area is 128 Å². The average Bonchev–Trinajstić information content (AvgIpc) is 2.48. The summed E-state index contributed by atoms with van der Waals surface area (Å²) in [5, 5.41) is 9.45. The number of carbonyl (C=O) groups excluding carboxylic acids is 1. The van der Waals surface area contributed by atoms with Gasteiger partial charge in [0, 0.05) is 10.7 Å². The molecule has 3 aromatic rings. The van der Waals surface area contributed by atoms with E-state index < -0.39 is 17.2 Å². The number of nitrogens with one attached hydrogen (secondary N) is 2. The Morgan fingerprint density at radius 1 is 1.23 bits per heavy atom. The molecule has 0 atom stereocenters. The van der Waals surface area contributed by atoms with Crippen LogP contribution in [0, 0.1) is 5.82 Å². The minimum atomic E-state index is -0.728. The number of hydrogen-bond acceptors (Lipinski definition) is 3. The molecule has 3 rings (SSSR count). The van der Waals surface area contributed by atoms with Crippen LogP contribution in [0.3, 0.4) is 0 Å². The van der Waals surface area contributed by atoms with E-state index in [0.717, 1.165) is 6.07 Å². The van der Waals surface area contributed by atoms with Crippen molar-refractivity contribution < 1.29 is 9.18 Å². The fourth-order valence-corrected chi connectivity index (χ4v) is 2.18. The Morgan fingerprint density at radius 2 is 2.05 bits per heavy atom. The van der Waals surface area contributed by atoms with Gasteiger partial charge in [-0.05, 0) is 36.4 Å². The highest BCUT2D eigenvalue weighted by Crippen LogP contribution is 2.15. The van der Waals surface area contributed by atoms with E-state index in [2.05, 4.69) is 15.5 Å². The van der Waals surface area contributed by atoms with Gasteiger partial charge in [0.2, 0.25) is 5.43 Å². The number of nitrogens with zero attached hydrogens (tertiary/aromatic N) is 1.